The van der Waals surface area contributed by atoms with E-state index in [0.29, 0.717) is 0 Å². The molecule has 0 spiro atoms. The zero-order chi connectivity index (χ0) is 11.7. The Balaban J connectivity index is 1.55. The zero-order valence-corrected chi connectivity index (χ0v) is 11.5. The minimum Gasteiger partial charge on any atom is -0.311 e. The fraction of sp³-hybridized carbons (Fsp3) is 1.00. The van der Waals surface area contributed by atoms with E-state index in [2.05, 4.69) is 12.2 Å². The minimum atomic E-state index is 0.852. The summed E-state index contributed by atoms with van der Waals surface area (Å²) in [7, 11) is 0. The van der Waals surface area contributed by atoms with Gasteiger partial charge in [-0.3, -0.25) is 0 Å². The predicted molar refractivity (Wildman–Crippen MR) is 73.0 cm³/mol. The van der Waals surface area contributed by atoms with Crippen molar-refractivity contribution in [2.45, 2.75) is 83.2 Å². The van der Waals surface area contributed by atoms with Crippen molar-refractivity contribution < 1.29 is 0 Å². The van der Waals surface area contributed by atoms with E-state index in [9.17, 15) is 0 Å². The van der Waals surface area contributed by atoms with Crippen molar-refractivity contribution in [2.24, 2.45) is 17.8 Å². The van der Waals surface area contributed by atoms with Gasteiger partial charge in [0.2, 0.25) is 0 Å². The second-order valence-electron chi connectivity index (χ2n) is 7.04. The standard InChI is InChI=1S/C16H29N/c1-12-5-2-10-15(11-12)17-16(13-6-3-7-13)14-8-4-9-14/h12-17H,2-11H2,1H3. The van der Waals surface area contributed by atoms with Crippen molar-refractivity contribution in [3.63, 3.8) is 0 Å². The van der Waals surface area contributed by atoms with E-state index in [0.717, 1.165) is 29.8 Å². The van der Waals surface area contributed by atoms with Crippen LogP contribution in [-0.4, -0.2) is 12.1 Å². The molecule has 0 heterocycles. The second-order valence-corrected chi connectivity index (χ2v) is 7.04. The molecule has 98 valence electrons. The smallest absolute Gasteiger partial charge is 0.0126 e. The molecule has 0 aromatic heterocycles. The van der Waals surface area contributed by atoms with Crippen LogP contribution in [0.5, 0.6) is 0 Å². The van der Waals surface area contributed by atoms with Crippen molar-refractivity contribution in [1.29, 1.82) is 0 Å². The summed E-state index contributed by atoms with van der Waals surface area (Å²) in [6, 6.07) is 1.75. The van der Waals surface area contributed by atoms with Crippen LogP contribution in [0.4, 0.5) is 0 Å². The van der Waals surface area contributed by atoms with Crippen molar-refractivity contribution >= 4 is 0 Å². The number of hydrogen-bond acceptors (Lipinski definition) is 1. The normalized spacial score (nSPS) is 35.6. The molecule has 3 aliphatic rings. The monoisotopic (exact) mass is 235 g/mol. The van der Waals surface area contributed by atoms with Crippen LogP contribution in [0.15, 0.2) is 0 Å². The molecule has 0 amide bonds. The Labute approximate surface area is 107 Å². The maximum atomic E-state index is 4.09. The fourth-order valence-electron chi connectivity index (χ4n) is 4.11. The molecule has 0 aliphatic heterocycles. The van der Waals surface area contributed by atoms with Crippen molar-refractivity contribution in [2.75, 3.05) is 0 Å². The lowest BCUT2D eigenvalue weighted by atomic mass is 9.68. The highest BCUT2D eigenvalue weighted by molar-refractivity contribution is 4.93. The molecule has 1 nitrogen and oxygen atoms in total. The molecule has 3 fully saturated rings. The van der Waals surface area contributed by atoms with E-state index < -0.39 is 0 Å². The molecule has 3 aliphatic carbocycles. The molecule has 0 radical (unpaired) electrons. The Kier molecular flexibility index (Phi) is 3.75. The second kappa shape index (κ2) is 5.30. The van der Waals surface area contributed by atoms with Crippen LogP contribution in [-0.2, 0) is 0 Å². The van der Waals surface area contributed by atoms with Crippen LogP contribution in [0.1, 0.15) is 71.1 Å². The fourth-order valence-corrected chi connectivity index (χ4v) is 4.11. The van der Waals surface area contributed by atoms with Gasteiger partial charge in [0, 0.05) is 12.1 Å². The van der Waals surface area contributed by atoms with E-state index in [-0.39, 0.29) is 0 Å². The van der Waals surface area contributed by atoms with E-state index in [1.165, 1.54) is 64.2 Å². The summed E-state index contributed by atoms with van der Waals surface area (Å²) < 4.78 is 0. The van der Waals surface area contributed by atoms with Gasteiger partial charge in [0.1, 0.15) is 0 Å². The molecule has 2 unspecified atom stereocenters. The van der Waals surface area contributed by atoms with Gasteiger partial charge in [-0.15, -0.1) is 0 Å². The minimum absolute atomic E-state index is 0.852. The molecule has 1 N–H and O–H groups in total. The van der Waals surface area contributed by atoms with Crippen LogP contribution < -0.4 is 5.32 Å². The van der Waals surface area contributed by atoms with Crippen LogP contribution in [0.25, 0.3) is 0 Å². The van der Waals surface area contributed by atoms with E-state index in [4.69, 9.17) is 0 Å². The third-order valence-electron chi connectivity index (χ3n) is 5.68. The maximum absolute atomic E-state index is 4.09. The highest BCUT2D eigenvalue weighted by Gasteiger charge is 2.37. The first kappa shape index (κ1) is 12.0. The van der Waals surface area contributed by atoms with E-state index >= 15 is 0 Å². The summed E-state index contributed by atoms with van der Waals surface area (Å²) in [4.78, 5) is 0. The first-order valence-electron chi connectivity index (χ1n) is 8.09. The first-order valence-corrected chi connectivity index (χ1v) is 8.09. The quantitative estimate of drug-likeness (QED) is 0.773. The Morgan fingerprint density at radius 3 is 1.88 bits per heavy atom. The van der Waals surface area contributed by atoms with Crippen LogP contribution in [0, 0.1) is 17.8 Å². The molecular weight excluding hydrogens is 206 g/mol. The lowest BCUT2D eigenvalue weighted by Crippen LogP contribution is -2.51. The van der Waals surface area contributed by atoms with Gasteiger partial charge < -0.3 is 5.32 Å². The Bertz CT molecular complexity index is 228. The van der Waals surface area contributed by atoms with Gasteiger partial charge in [-0.1, -0.05) is 32.6 Å². The average molecular weight is 235 g/mol. The molecular formula is C16H29N. The highest BCUT2D eigenvalue weighted by Crippen LogP contribution is 2.40. The summed E-state index contributed by atoms with van der Waals surface area (Å²) in [5, 5.41) is 4.09. The Morgan fingerprint density at radius 2 is 1.41 bits per heavy atom. The molecule has 1 heteroatoms. The number of rotatable bonds is 4. The SMILES string of the molecule is CC1CCCC(NC(C2CCC2)C2CCC2)C1. The van der Waals surface area contributed by atoms with Gasteiger partial charge in [-0.25, -0.2) is 0 Å². The molecule has 2 atom stereocenters. The van der Waals surface area contributed by atoms with Gasteiger partial charge in [0.15, 0.2) is 0 Å². The predicted octanol–water partition coefficient (Wildman–Crippen LogP) is 4.12. The number of hydrogen-bond donors (Lipinski definition) is 1. The lowest BCUT2D eigenvalue weighted by Gasteiger charge is -2.45. The Morgan fingerprint density at radius 1 is 0.824 bits per heavy atom. The molecule has 0 saturated heterocycles. The third kappa shape index (κ3) is 2.70. The lowest BCUT2D eigenvalue weighted by molar-refractivity contribution is 0.103. The zero-order valence-electron chi connectivity index (χ0n) is 11.5. The summed E-state index contributed by atoms with van der Waals surface area (Å²) >= 11 is 0. The molecule has 3 rings (SSSR count). The summed E-state index contributed by atoms with van der Waals surface area (Å²) in [5.74, 6) is 3.04. The van der Waals surface area contributed by atoms with Crippen molar-refractivity contribution in [3.8, 4) is 0 Å². The first-order chi connectivity index (χ1) is 8.33. The van der Waals surface area contributed by atoms with Gasteiger partial charge in [-0.05, 0) is 56.3 Å². The van der Waals surface area contributed by atoms with Gasteiger partial charge in [0.05, 0.1) is 0 Å². The number of nitrogens with one attached hydrogen (secondary N) is 1. The van der Waals surface area contributed by atoms with Crippen molar-refractivity contribution in [1.82, 2.24) is 5.32 Å². The summed E-state index contributed by atoms with van der Waals surface area (Å²) in [5.41, 5.74) is 0. The topological polar surface area (TPSA) is 12.0 Å². The summed E-state index contributed by atoms with van der Waals surface area (Å²) in [6.07, 6.45) is 14.8. The van der Waals surface area contributed by atoms with E-state index in [1.807, 2.05) is 0 Å². The Hall–Kier alpha value is -0.0400. The van der Waals surface area contributed by atoms with Crippen LogP contribution >= 0.6 is 0 Å². The highest BCUT2D eigenvalue weighted by atomic mass is 15.0. The average Bonchev–Trinajstić information content (AvgIpc) is 2.11. The molecule has 17 heavy (non-hydrogen) atoms. The van der Waals surface area contributed by atoms with E-state index in [1.54, 1.807) is 0 Å². The van der Waals surface area contributed by atoms with Gasteiger partial charge in [-0.2, -0.15) is 0 Å². The summed E-state index contributed by atoms with van der Waals surface area (Å²) in [6.45, 7) is 2.44. The van der Waals surface area contributed by atoms with Crippen LogP contribution in [0.3, 0.4) is 0 Å². The third-order valence-corrected chi connectivity index (χ3v) is 5.68. The molecule has 0 bridgehead atoms. The molecule has 3 saturated carbocycles. The largest absolute Gasteiger partial charge is 0.311 e. The van der Waals surface area contributed by atoms with Gasteiger partial charge >= 0.3 is 0 Å². The van der Waals surface area contributed by atoms with Gasteiger partial charge in [0.25, 0.3) is 0 Å². The van der Waals surface area contributed by atoms with Crippen LogP contribution in [0.2, 0.25) is 0 Å². The molecule has 0 aromatic carbocycles. The molecule has 0 aromatic rings. The van der Waals surface area contributed by atoms with Crippen molar-refractivity contribution in [3.05, 3.63) is 0 Å². The maximum Gasteiger partial charge on any atom is 0.0126 e.